The molecule has 35 heavy (non-hydrogen) atoms. The number of hydrogen-bond donors (Lipinski definition) is 0. The van der Waals surface area contributed by atoms with Crippen LogP contribution in [0.1, 0.15) is 24.0 Å². The van der Waals surface area contributed by atoms with Gasteiger partial charge in [-0.3, -0.25) is 14.6 Å². The summed E-state index contributed by atoms with van der Waals surface area (Å²) in [5, 5.41) is 2.64. The molecule has 2 saturated heterocycles. The maximum atomic E-state index is 13.2. The lowest BCUT2D eigenvalue weighted by Crippen LogP contribution is -2.51. The first kappa shape index (κ1) is 22.4. The number of nitrogens with zero attached hydrogens (tertiary/aromatic N) is 3. The predicted molar refractivity (Wildman–Crippen MR) is 136 cm³/mol. The molecule has 0 aromatic heterocycles. The quantitative estimate of drug-likeness (QED) is 0.560. The molecule has 0 radical (unpaired) electrons. The average molecular weight is 472 g/mol. The Labute approximate surface area is 207 Å². The number of likely N-dealkylation sites (tertiary alicyclic amines) is 1. The first-order chi connectivity index (χ1) is 17.2. The third kappa shape index (κ3) is 4.86. The maximum Gasteiger partial charge on any atom is 0.231 e. The van der Waals surface area contributed by atoms with Crippen molar-refractivity contribution < 1.29 is 14.3 Å². The van der Waals surface area contributed by atoms with Gasteiger partial charge in [0.05, 0.1) is 0 Å². The number of carbonyl (C=O) groups is 1. The number of piperazine rings is 1. The van der Waals surface area contributed by atoms with E-state index in [4.69, 9.17) is 9.47 Å². The van der Waals surface area contributed by atoms with E-state index in [0.29, 0.717) is 12.7 Å². The Kier molecular flexibility index (Phi) is 6.32. The highest BCUT2D eigenvalue weighted by atomic mass is 16.7. The number of hydrogen-bond acceptors (Lipinski definition) is 5. The molecule has 6 heteroatoms. The fraction of sp³-hybridized carbons (Fsp3) is 0.414. The van der Waals surface area contributed by atoms with Crippen LogP contribution in [0.2, 0.25) is 0 Å². The number of benzene rings is 3. The number of rotatable bonds is 5. The van der Waals surface area contributed by atoms with E-state index in [0.717, 1.165) is 76.7 Å². The molecule has 3 aromatic rings. The Morgan fingerprint density at radius 2 is 1.51 bits per heavy atom. The van der Waals surface area contributed by atoms with E-state index < -0.39 is 0 Å². The molecule has 3 aliphatic heterocycles. The summed E-state index contributed by atoms with van der Waals surface area (Å²) in [6, 6.07) is 21.4. The summed E-state index contributed by atoms with van der Waals surface area (Å²) >= 11 is 0. The van der Waals surface area contributed by atoms with E-state index in [1.54, 1.807) is 0 Å². The second-order valence-corrected chi connectivity index (χ2v) is 9.98. The maximum absolute atomic E-state index is 13.2. The second kappa shape index (κ2) is 9.88. The van der Waals surface area contributed by atoms with Gasteiger partial charge >= 0.3 is 0 Å². The van der Waals surface area contributed by atoms with Gasteiger partial charge in [-0.05, 0) is 60.0 Å². The molecule has 0 aliphatic carbocycles. The SMILES string of the molecule is O=C(C1CCN(Cc2cccc3ccccc23)CC1)N1CCN(Cc2ccc3c(c2)OCO3)CC1. The molecule has 0 spiro atoms. The normalized spacial score (nSPS) is 19.4. The van der Waals surface area contributed by atoms with Gasteiger partial charge in [0.15, 0.2) is 11.5 Å². The van der Waals surface area contributed by atoms with E-state index in [2.05, 4.69) is 69.3 Å². The molecule has 2 fully saturated rings. The minimum atomic E-state index is 0.166. The molecule has 182 valence electrons. The largest absolute Gasteiger partial charge is 0.454 e. The van der Waals surface area contributed by atoms with Crippen molar-refractivity contribution in [3.8, 4) is 11.5 Å². The van der Waals surface area contributed by atoms with Crippen molar-refractivity contribution in [3.05, 3.63) is 71.8 Å². The summed E-state index contributed by atoms with van der Waals surface area (Å²) in [7, 11) is 0. The van der Waals surface area contributed by atoms with Crippen LogP contribution in [-0.4, -0.2) is 66.7 Å². The minimum absolute atomic E-state index is 0.166. The standard InChI is InChI=1S/C29H33N3O3/c33-29(32-16-14-31(15-17-32)19-22-8-9-27-28(18-22)35-21-34-27)24-10-12-30(13-11-24)20-25-6-3-5-23-4-1-2-7-26(23)25/h1-9,18,24H,10-17,19-21H2. The number of fused-ring (bicyclic) bond motifs is 2. The molecule has 0 atom stereocenters. The van der Waals surface area contributed by atoms with Crippen molar-refractivity contribution >= 4 is 16.7 Å². The van der Waals surface area contributed by atoms with Crippen LogP contribution in [0.15, 0.2) is 60.7 Å². The second-order valence-electron chi connectivity index (χ2n) is 9.98. The van der Waals surface area contributed by atoms with Gasteiger partial charge in [0.25, 0.3) is 0 Å². The van der Waals surface area contributed by atoms with Crippen LogP contribution in [0, 0.1) is 5.92 Å². The molecular weight excluding hydrogens is 438 g/mol. The van der Waals surface area contributed by atoms with Crippen molar-refractivity contribution in [1.82, 2.24) is 14.7 Å². The van der Waals surface area contributed by atoms with Gasteiger partial charge in [0.2, 0.25) is 12.7 Å². The number of amides is 1. The smallest absolute Gasteiger partial charge is 0.231 e. The molecule has 0 bridgehead atoms. The third-order valence-electron chi connectivity index (χ3n) is 7.74. The summed E-state index contributed by atoms with van der Waals surface area (Å²) in [5.74, 6) is 2.19. The highest BCUT2D eigenvalue weighted by Crippen LogP contribution is 2.33. The molecule has 3 heterocycles. The predicted octanol–water partition coefficient (Wildman–Crippen LogP) is 4.12. The summed E-state index contributed by atoms with van der Waals surface area (Å²) in [6.07, 6.45) is 1.92. The Bertz CT molecular complexity index is 1190. The minimum Gasteiger partial charge on any atom is -0.454 e. The van der Waals surface area contributed by atoms with Crippen LogP contribution in [0.4, 0.5) is 0 Å². The fourth-order valence-corrected chi connectivity index (χ4v) is 5.69. The van der Waals surface area contributed by atoms with E-state index in [1.807, 2.05) is 6.07 Å². The Balaban J connectivity index is 0.980. The fourth-order valence-electron chi connectivity index (χ4n) is 5.69. The van der Waals surface area contributed by atoms with E-state index in [-0.39, 0.29) is 5.92 Å². The van der Waals surface area contributed by atoms with Gasteiger partial charge in [0, 0.05) is 45.2 Å². The van der Waals surface area contributed by atoms with Crippen molar-refractivity contribution in [2.24, 2.45) is 5.92 Å². The molecule has 0 N–H and O–H groups in total. The Morgan fingerprint density at radius 3 is 2.37 bits per heavy atom. The highest BCUT2D eigenvalue weighted by Gasteiger charge is 2.30. The lowest BCUT2D eigenvalue weighted by Gasteiger charge is -2.38. The third-order valence-corrected chi connectivity index (χ3v) is 7.74. The summed E-state index contributed by atoms with van der Waals surface area (Å²) < 4.78 is 10.9. The lowest BCUT2D eigenvalue weighted by atomic mass is 9.94. The number of piperidine rings is 1. The van der Waals surface area contributed by atoms with Crippen LogP contribution in [-0.2, 0) is 17.9 Å². The van der Waals surface area contributed by atoms with E-state index >= 15 is 0 Å². The molecule has 0 unspecified atom stereocenters. The van der Waals surface area contributed by atoms with Crippen molar-refractivity contribution in [1.29, 1.82) is 0 Å². The molecule has 6 nitrogen and oxygen atoms in total. The van der Waals surface area contributed by atoms with Gasteiger partial charge in [-0.25, -0.2) is 0 Å². The zero-order valence-corrected chi connectivity index (χ0v) is 20.2. The number of carbonyl (C=O) groups excluding carboxylic acids is 1. The van der Waals surface area contributed by atoms with Crippen LogP contribution in [0.5, 0.6) is 11.5 Å². The van der Waals surface area contributed by atoms with Crippen LogP contribution < -0.4 is 9.47 Å². The van der Waals surface area contributed by atoms with E-state index in [1.165, 1.54) is 21.9 Å². The first-order valence-electron chi connectivity index (χ1n) is 12.8. The molecule has 6 rings (SSSR count). The lowest BCUT2D eigenvalue weighted by molar-refractivity contribution is -0.139. The van der Waals surface area contributed by atoms with Crippen molar-refractivity contribution in [2.45, 2.75) is 25.9 Å². The monoisotopic (exact) mass is 471 g/mol. The van der Waals surface area contributed by atoms with Crippen LogP contribution >= 0.6 is 0 Å². The van der Waals surface area contributed by atoms with Gasteiger partial charge in [-0.2, -0.15) is 0 Å². The molecular formula is C29H33N3O3. The molecule has 0 saturated carbocycles. The first-order valence-corrected chi connectivity index (χ1v) is 12.8. The van der Waals surface area contributed by atoms with Gasteiger partial charge in [0.1, 0.15) is 0 Å². The van der Waals surface area contributed by atoms with Crippen LogP contribution in [0.25, 0.3) is 10.8 Å². The molecule has 1 amide bonds. The van der Waals surface area contributed by atoms with Gasteiger partial charge in [-0.15, -0.1) is 0 Å². The van der Waals surface area contributed by atoms with Crippen LogP contribution in [0.3, 0.4) is 0 Å². The van der Waals surface area contributed by atoms with Crippen molar-refractivity contribution in [2.75, 3.05) is 46.1 Å². The molecule has 3 aromatic carbocycles. The summed E-state index contributed by atoms with van der Waals surface area (Å²) in [6.45, 7) is 7.60. The zero-order valence-electron chi connectivity index (χ0n) is 20.2. The summed E-state index contributed by atoms with van der Waals surface area (Å²) in [4.78, 5) is 20.3. The Morgan fingerprint density at radius 1 is 0.771 bits per heavy atom. The molecule has 3 aliphatic rings. The number of ether oxygens (including phenoxy) is 2. The zero-order chi connectivity index (χ0) is 23.6. The highest BCUT2D eigenvalue weighted by molar-refractivity contribution is 5.85. The van der Waals surface area contributed by atoms with E-state index in [9.17, 15) is 4.79 Å². The van der Waals surface area contributed by atoms with Gasteiger partial charge < -0.3 is 14.4 Å². The average Bonchev–Trinajstić information content (AvgIpc) is 3.37. The van der Waals surface area contributed by atoms with Crippen molar-refractivity contribution in [3.63, 3.8) is 0 Å². The Hall–Kier alpha value is -3.09. The van der Waals surface area contributed by atoms with Gasteiger partial charge in [-0.1, -0.05) is 48.5 Å². The summed E-state index contributed by atoms with van der Waals surface area (Å²) in [5.41, 5.74) is 2.61. The topological polar surface area (TPSA) is 45.3 Å².